The summed E-state index contributed by atoms with van der Waals surface area (Å²) in [6.45, 7) is 5.42. The molecule has 0 aromatic heterocycles. The molecule has 1 nitrogen and oxygen atoms in total. The maximum Gasteiger partial charge on any atom is 0.0441 e. The topological polar surface area (TPSA) is 12.0 Å². The lowest BCUT2D eigenvalue weighted by Gasteiger charge is -2.18. The summed E-state index contributed by atoms with van der Waals surface area (Å²) in [5.41, 5.74) is 2.53. The second-order valence-corrected chi connectivity index (χ2v) is 5.60. The fourth-order valence-electron chi connectivity index (χ4n) is 2.29. The fraction of sp³-hybridized carbons (Fsp3) is 0.600. The normalized spacial score (nSPS) is 17.1. The predicted molar refractivity (Wildman–Crippen MR) is 74.7 cm³/mol. The van der Waals surface area contributed by atoms with Crippen LogP contribution in [0.1, 0.15) is 37.3 Å². The first-order valence-electron chi connectivity index (χ1n) is 6.69. The van der Waals surface area contributed by atoms with E-state index in [-0.39, 0.29) is 0 Å². The molecule has 0 heterocycles. The van der Waals surface area contributed by atoms with E-state index in [0.717, 1.165) is 23.9 Å². The molecule has 94 valence electrons. The van der Waals surface area contributed by atoms with Gasteiger partial charge in [0.1, 0.15) is 0 Å². The number of aryl methyl sites for hydroxylation is 1. The molecule has 1 saturated carbocycles. The average molecular weight is 252 g/mol. The molecule has 17 heavy (non-hydrogen) atoms. The van der Waals surface area contributed by atoms with Gasteiger partial charge in [0.2, 0.25) is 0 Å². The summed E-state index contributed by atoms with van der Waals surface area (Å²) in [5, 5.41) is 4.59. The van der Waals surface area contributed by atoms with E-state index in [2.05, 4.69) is 37.4 Å². The third-order valence-corrected chi connectivity index (χ3v) is 3.85. The zero-order chi connectivity index (χ0) is 12.3. The van der Waals surface area contributed by atoms with Gasteiger partial charge in [0.15, 0.2) is 0 Å². The van der Waals surface area contributed by atoms with Crippen LogP contribution in [-0.2, 0) is 6.42 Å². The Labute approximate surface area is 110 Å². The molecule has 1 N–H and O–H groups in total. The van der Waals surface area contributed by atoms with Gasteiger partial charge in [0.05, 0.1) is 0 Å². The highest BCUT2D eigenvalue weighted by atomic mass is 35.5. The number of nitrogens with one attached hydrogen (secondary N) is 1. The maximum atomic E-state index is 6.30. The monoisotopic (exact) mass is 251 g/mol. The van der Waals surface area contributed by atoms with Crippen molar-refractivity contribution < 1.29 is 0 Å². The van der Waals surface area contributed by atoms with Crippen LogP contribution < -0.4 is 5.32 Å². The van der Waals surface area contributed by atoms with Gasteiger partial charge in [-0.1, -0.05) is 30.7 Å². The quantitative estimate of drug-likeness (QED) is 0.807. The van der Waals surface area contributed by atoms with Crippen molar-refractivity contribution in [1.29, 1.82) is 0 Å². The SMILES string of the molecule is CCCNC(Cc1ccc(C)cc1Cl)C1CC1. The zero-order valence-electron chi connectivity index (χ0n) is 10.8. The van der Waals surface area contributed by atoms with Crippen molar-refractivity contribution in [3.05, 3.63) is 34.3 Å². The first kappa shape index (κ1) is 12.9. The summed E-state index contributed by atoms with van der Waals surface area (Å²) in [6, 6.07) is 7.03. The molecular weight excluding hydrogens is 230 g/mol. The number of hydrogen-bond donors (Lipinski definition) is 1. The molecule has 1 unspecified atom stereocenters. The molecule has 1 aromatic carbocycles. The Kier molecular flexibility index (Phi) is 4.47. The van der Waals surface area contributed by atoms with Crippen LogP contribution in [0.25, 0.3) is 0 Å². The number of halogens is 1. The van der Waals surface area contributed by atoms with Gasteiger partial charge in [0.25, 0.3) is 0 Å². The van der Waals surface area contributed by atoms with Gasteiger partial charge in [-0.25, -0.2) is 0 Å². The number of rotatable bonds is 6. The third-order valence-electron chi connectivity index (χ3n) is 3.50. The molecule has 0 bridgehead atoms. The highest BCUT2D eigenvalue weighted by Gasteiger charge is 2.30. The summed E-state index contributed by atoms with van der Waals surface area (Å²) in [4.78, 5) is 0. The number of hydrogen-bond acceptors (Lipinski definition) is 1. The molecule has 1 aromatic rings. The van der Waals surface area contributed by atoms with Crippen LogP contribution in [0, 0.1) is 12.8 Å². The fourth-order valence-corrected chi connectivity index (χ4v) is 2.60. The van der Waals surface area contributed by atoms with Gasteiger partial charge in [-0.2, -0.15) is 0 Å². The Morgan fingerprint density at radius 3 is 2.76 bits per heavy atom. The van der Waals surface area contributed by atoms with Crippen molar-refractivity contribution in [2.75, 3.05) is 6.54 Å². The van der Waals surface area contributed by atoms with Gasteiger partial charge in [0, 0.05) is 11.1 Å². The minimum Gasteiger partial charge on any atom is -0.313 e. The van der Waals surface area contributed by atoms with Crippen LogP contribution in [0.4, 0.5) is 0 Å². The van der Waals surface area contributed by atoms with Gasteiger partial charge in [-0.15, -0.1) is 0 Å². The number of benzene rings is 1. The first-order valence-corrected chi connectivity index (χ1v) is 7.07. The minimum atomic E-state index is 0.621. The van der Waals surface area contributed by atoms with Crippen molar-refractivity contribution >= 4 is 11.6 Å². The van der Waals surface area contributed by atoms with Crippen LogP contribution in [0.15, 0.2) is 18.2 Å². The summed E-state index contributed by atoms with van der Waals surface area (Å²) in [7, 11) is 0. The smallest absolute Gasteiger partial charge is 0.0441 e. The van der Waals surface area contributed by atoms with E-state index in [9.17, 15) is 0 Å². The van der Waals surface area contributed by atoms with Crippen molar-refractivity contribution in [2.45, 2.75) is 45.6 Å². The zero-order valence-corrected chi connectivity index (χ0v) is 11.6. The van der Waals surface area contributed by atoms with Gasteiger partial charge < -0.3 is 5.32 Å². The van der Waals surface area contributed by atoms with Crippen LogP contribution >= 0.6 is 11.6 Å². The molecule has 0 aliphatic heterocycles. The van der Waals surface area contributed by atoms with Crippen molar-refractivity contribution in [2.24, 2.45) is 5.92 Å². The Balaban J connectivity index is 2.00. The highest BCUT2D eigenvalue weighted by molar-refractivity contribution is 6.31. The third kappa shape index (κ3) is 3.72. The predicted octanol–water partition coefficient (Wildman–Crippen LogP) is 3.97. The molecule has 2 heteroatoms. The van der Waals surface area contributed by atoms with Crippen LogP contribution in [-0.4, -0.2) is 12.6 Å². The lowest BCUT2D eigenvalue weighted by Crippen LogP contribution is -2.33. The molecule has 0 spiro atoms. The van der Waals surface area contributed by atoms with Crippen LogP contribution in [0.2, 0.25) is 5.02 Å². The van der Waals surface area contributed by atoms with Gasteiger partial charge in [-0.3, -0.25) is 0 Å². The van der Waals surface area contributed by atoms with Gasteiger partial charge in [-0.05, 0) is 62.3 Å². The summed E-state index contributed by atoms with van der Waals surface area (Å²) >= 11 is 6.30. The molecule has 1 aliphatic rings. The van der Waals surface area contributed by atoms with Gasteiger partial charge >= 0.3 is 0 Å². The van der Waals surface area contributed by atoms with E-state index in [4.69, 9.17) is 11.6 Å². The van der Waals surface area contributed by atoms with E-state index < -0.39 is 0 Å². The maximum absolute atomic E-state index is 6.30. The summed E-state index contributed by atoms with van der Waals surface area (Å²) in [6.07, 6.45) is 5.03. The second-order valence-electron chi connectivity index (χ2n) is 5.20. The van der Waals surface area contributed by atoms with E-state index in [1.807, 2.05) is 0 Å². The summed E-state index contributed by atoms with van der Waals surface area (Å²) in [5.74, 6) is 0.874. The van der Waals surface area contributed by atoms with Crippen molar-refractivity contribution in [3.8, 4) is 0 Å². The Morgan fingerprint density at radius 1 is 1.41 bits per heavy atom. The van der Waals surface area contributed by atoms with E-state index >= 15 is 0 Å². The highest BCUT2D eigenvalue weighted by Crippen LogP contribution is 2.35. The van der Waals surface area contributed by atoms with E-state index in [1.165, 1.54) is 30.4 Å². The largest absolute Gasteiger partial charge is 0.313 e. The Hall–Kier alpha value is -0.530. The summed E-state index contributed by atoms with van der Waals surface area (Å²) < 4.78 is 0. The molecule has 1 atom stereocenters. The van der Waals surface area contributed by atoms with E-state index in [1.54, 1.807) is 0 Å². The Bertz CT molecular complexity index is 371. The Morgan fingerprint density at radius 2 is 2.18 bits per heavy atom. The molecule has 0 radical (unpaired) electrons. The minimum absolute atomic E-state index is 0.621. The molecule has 1 aliphatic carbocycles. The van der Waals surface area contributed by atoms with Crippen LogP contribution in [0.3, 0.4) is 0 Å². The first-order chi connectivity index (χ1) is 8.20. The average Bonchev–Trinajstić information content (AvgIpc) is 3.11. The molecular formula is C15H22ClN. The van der Waals surface area contributed by atoms with Crippen molar-refractivity contribution in [1.82, 2.24) is 5.32 Å². The lowest BCUT2D eigenvalue weighted by atomic mass is 10.0. The second kappa shape index (κ2) is 5.88. The van der Waals surface area contributed by atoms with Crippen molar-refractivity contribution in [3.63, 3.8) is 0 Å². The van der Waals surface area contributed by atoms with E-state index in [0.29, 0.717) is 6.04 Å². The molecule has 0 amide bonds. The molecule has 0 saturated heterocycles. The lowest BCUT2D eigenvalue weighted by molar-refractivity contribution is 0.460. The molecule has 2 rings (SSSR count). The standard InChI is InChI=1S/C15H22ClN/c1-3-8-17-15(12-6-7-12)10-13-5-4-11(2)9-14(13)16/h4-5,9,12,15,17H,3,6-8,10H2,1-2H3. The van der Waals surface area contributed by atoms with Crippen LogP contribution in [0.5, 0.6) is 0 Å². The molecule has 1 fully saturated rings.